The molecule has 5 N–H and O–H groups in total. The summed E-state index contributed by atoms with van der Waals surface area (Å²) in [7, 11) is -1.04. The lowest BCUT2D eigenvalue weighted by atomic mass is 9.72. The number of nitrogens with zero attached hydrogens (tertiary/aromatic N) is 1. The molecule has 0 bridgehead atoms. The van der Waals surface area contributed by atoms with E-state index in [1.54, 1.807) is 17.0 Å². The number of nitrogens with one attached hydrogen (secondary N) is 1. The Morgan fingerprint density at radius 2 is 2.00 bits per heavy atom. The van der Waals surface area contributed by atoms with E-state index >= 15 is 0 Å². The van der Waals surface area contributed by atoms with Gasteiger partial charge in [0, 0.05) is 31.9 Å². The van der Waals surface area contributed by atoms with E-state index < -0.39 is 13.1 Å². The van der Waals surface area contributed by atoms with Gasteiger partial charge in [-0.2, -0.15) is 0 Å². The van der Waals surface area contributed by atoms with E-state index in [4.69, 9.17) is 15.1 Å². The molecule has 0 spiro atoms. The van der Waals surface area contributed by atoms with Gasteiger partial charge in [0.25, 0.3) is 0 Å². The van der Waals surface area contributed by atoms with Gasteiger partial charge in [-0.1, -0.05) is 13.0 Å². The van der Waals surface area contributed by atoms with E-state index in [-0.39, 0.29) is 35.0 Å². The second-order valence-electron chi connectivity index (χ2n) is 9.57. The summed E-state index contributed by atoms with van der Waals surface area (Å²) in [5, 5.41) is 23.2. The third kappa shape index (κ3) is 5.45. The number of aromatic carboxylic acids is 1. The van der Waals surface area contributed by atoms with Crippen molar-refractivity contribution in [3.05, 3.63) is 23.3 Å². The highest BCUT2D eigenvalue weighted by atomic mass is 16.5. The van der Waals surface area contributed by atoms with Gasteiger partial charge in [-0.05, 0) is 49.1 Å². The number of fused-ring (bicyclic) bond motifs is 1. The van der Waals surface area contributed by atoms with E-state index in [0.29, 0.717) is 44.3 Å². The number of rotatable bonds is 8. The maximum atomic E-state index is 12.7. The van der Waals surface area contributed by atoms with Crippen molar-refractivity contribution in [2.24, 2.45) is 11.7 Å². The van der Waals surface area contributed by atoms with E-state index in [1.807, 2.05) is 6.92 Å². The smallest absolute Gasteiger partial charge is 0.523 e. The van der Waals surface area contributed by atoms with Crippen LogP contribution in [0.25, 0.3) is 0 Å². The van der Waals surface area contributed by atoms with Crippen LogP contribution < -0.4 is 20.4 Å². The molecule has 33 heavy (non-hydrogen) atoms. The summed E-state index contributed by atoms with van der Waals surface area (Å²) in [5.41, 5.74) is 6.24. The number of carboxylic acid groups (broad SMARTS) is 1. The molecule has 1 aliphatic carbocycles. The third-order valence-corrected chi connectivity index (χ3v) is 7.09. The first-order chi connectivity index (χ1) is 15.9. The summed E-state index contributed by atoms with van der Waals surface area (Å²) in [6, 6.07) is 3.96. The second-order valence-corrected chi connectivity index (χ2v) is 9.57. The molecule has 1 atom stereocenters. The first kappa shape index (κ1) is 23.8. The molecule has 0 unspecified atom stereocenters. The van der Waals surface area contributed by atoms with Crippen LogP contribution in [0, 0.1) is 5.92 Å². The number of hydrogen-bond donors (Lipinski definition) is 4. The van der Waals surface area contributed by atoms with Crippen LogP contribution in [0.5, 0.6) is 11.5 Å². The lowest BCUT2D eigenvalue weighted by Gasteiger charge is -2.40. The van der Waals surface area contributed by atoms with Gasteiger partial charge in [0.2, 0.25) is 5.91 Å². The Morgan fingerprint density at radius 3 is 2.67 bits per heavy atom. The Balaban J connectivity index is 1.29. The molecule has 180 valence electrons. The number of benzene rings is 1. The minimum Gasteiger partial charge on any atom is -0.535 e. The van der Waals surface area contributed by atoms with Crippen molar-refractivity contribution in [1.82, 2.24) is 10.2 Å². The van der Waals surface area contributed by atoms with Gasteiger partial charge in [-0.15, -0.1) is 0 Å². The van der Waals surface area contributed by atoms with Crippen LogP contribution >= 0.6 is 0 Å². The zero-order chi connectivity index (χ0) is 23.5. The van der Waals surface area contributed by atoms with Crippen LogP contribution in [0.2, 0.25) is 6.32 Å². The molecule has 1 saturated heterocycles. The Bertz CT molecular complexity index is 870. The molecule has 1 amide bonds. The molecule has 4 rings (SSSR count). The SMILES string of the molecule is C[C@H]1CB(O)Oc2c1ccc(OC1CN(C(=O)CC3CCC(NCCN)CC3)C1)c2C(=O)O. The van der Waals surface area contributed by atoms with Crippen molar-refractivity contribution in [3.63, 3.8) is 0 Å². The maximum absolute atomic E-state index is 12.7. The fourth-order valence-electron chi connectivity index (χ4n) is 5.14. The quantitative estimate of drug-likeness (QED) is 0.429. The van der Waals surface area contributed by atoms with Crippen LogP contribution in [0.15, 0.2) is 12.1 Å². The van der Waals surface area contributed by atoms with Crippen molar-refractivity contribution in [3.8, 4) is 11.5 Å². The minimum absolute atomic E-state index is 0.0146. The molecule has 0 radical (unpaired) electrons. The highest BCUT2D eigenvalue weighted by molar-refractivity contribution is 6.44. The Kier molecular flexibility index (Phi) is 7.46. The highest BCUT2D eigenvalue weighted by Gasteiger charge is 2.37. The first-order valence-electron chi connectivity index (χ1n) is 12.0. The molecule has 2 fully saturated rings. The molecule has 0 aromatic heterocycles. The number of ether oxygens (including phenoxy) is 1. The van der Waals surface area contributed by atoms with Crippen molar-refractivity contribution >= 4 is 19.0 Å². The number of hydrogen-bond acceptors (Lipinski definition) is 7. The van der Waals surface area contributed by atoms with Crippen LogP contribution in [0.1, 0.15) is 60.9 Å². The standard InChI is InChI=1S/C23H34BN3O6/c1-14-11-24(31)33-22-18(14)6-7-19(21(22)23(29)30)32-17-12-27(13-17)20(28)10-15-2-4-16(5-3-15)26-9-8-25/h6-7,14-17,26,31H,2-5,8-13,25H2,1H3,(H,29,30)/t14-,15?,16?/m0/s1. The predicted molar refractivity (Wildman–Crippen MR) is 124 cm³/mol. The topological polar surface area (TPSA) is 134 Å². The Labute approximate surface area is 194 Å². The lowest BCUT2D eigenvalue weighted by molar-refractivity contribution is -0.141. The van der Waals surface area contributed by atoms with Crippen molar-refractivity contribution in [2.75, 3.05) is 26.2 Å². The number of amides is 1. The van der Waals surface area contributed by atoms with Gasteiger partial charge < -0.3 is 35.5 Å². The van der Waals surface area contributed by atoms with Gasteiger partial charge in [0.15, 0.2) is 0 Å². The maximum Gasteiger partial charge on any atom is 0.523 e. The zero-order valence-corrected chi connectivity index (χ0v) is 19.2. The molecule has 2 aliphatic heterocycles. The Hall–Kier alpha value is -2.30. The molecule has 10 heteroatoms. The average molecular weight is 459 g/mol. The minimum atomic E-state index is -1.16. The molecule has 1 saturated carbocycles. The zero-order valence-electron chi connectivity index (χ0n) is 19.2. The van der Waals surface area contributed by atoms with Gasteiger partial charge in [-0.3, -0.25) is 4.79 Å². The second kappa shape index (κ2) is 10.3. The normalized spacial score (nSPS) is 25.1. The number of nitrogens with two attached hydrogens (primary N) is 1. The first-order valence-corrected chi connectivity index (χ1v) is 12.0. The molecule has 1 aromatic rings. The number of carbonyl (C=O) groups excluding carboxylic acids is 1. The van der Waals surface area contributed by atoms with Crippen LogP contribution in [0.4, 0.5) is 0 Å². The van der Waals surface area contributed by atoms with Gasteiger partial charge >= 0.3 is 13.1 Å². The van der Waals surface area contributed by atoms with E-state index in [0.717, 1.165) is 37.8 Å². The number of carboxylic acids is 1. The molecular formula is C23H34BN3O6. The van der Waals surface area contributed by atoms with Gasteiger partial charge in [0.05, 0.1) is 13.1 Å². The summed E-state index contributed by atoms with van der Waals surface area (Å²) in [6.07, 6.45) is 4.96. The fraction of sp³-hybridized carbons (Fsp3) is 0.652. The summed E-state index contributed by atoms with van der Waals surface area (Å²) in [6.45, 7) is 4.30. The predicted octanol–water partition coefficient (Wildman–Crippen LogP) is 1.45. The highest BCUT2D eigenvalue weighted by Crippen LogP contribution is 2.42. The Morgan fingerprint density at radius 1 is 1.27 bits per heavy atom. The van der Waals surface area contributed by atoms with Crippen molar-refractivity contribution in [1.29, 1.82) is 0 Å². The lowest BCUT2D eigenvalue weighted by Crippen LogP contribution is -2.56. The molecule has 2 heterocycles. The van der Waals surface area contributed by atoms with Crippen LogP contribution in [0.3, 0.4) is 0 Å². The van der Waals surface area contributed by atoms with E-state index in [1.165, 1.54) is 0 Å². The molecule has 3 aliphatic rings. The van der Waals surface area contributed by atoms with E-state index in [2.05, 4.69) is 5.32 Å². The summed E-state index contributed by atoms with van der Waals surface area (Å²) in [4.78, 5) is 26.4. The summed E-state index contributed by atoms with van der Waals surface area (Å²) < 4.78 is 11.4. The average Bonchev–Trinajstić information content (AvgIpc) is 2.74. The molecule has 1 aromatic carbocycles. The number of likely N-dealkylation sites (tertiary alicyclic amines) is 1. The van der Waals surface area contributed by atoms with Crippen LogP contribution in [-0.2, 0) is 4.79 Å². The number of carbonyl (C=O) groups is 2. The molecular weight excluding hydrogens is 425 g/mol. The molecule has 9 nitrogen and oxygen atoms in total. The van der Waals surface area contributed by atoms with Crippen LogP contribution in [-0.4, -0.2) is 72.4 Å². The van der Waals surface area contributed by atoms with Crippen molar-refractivity contribution < 1.29 is 29.1 Å². The largest absolute Gasteiger partial charge is 0.535 e. The van der Waals surface area contributed by atoms with Gasteiger partial charge in [0.1, 0.15) is 23.2 Å². The van der Waals surface area contributed by atoms with Crippen molar-refractivity contribution in [2.45, 2.75) is 63.4 Å². The summed E-state index contributed by atoms with van der Waals surface area (Å²) >= 11 is 0. The third-order valence-electron chi connectivity index (χ3n) is 7.09. The fourth-order valence-corrected chi connectivity index (χ4v) is 5.14. The van der Waals surface area contributed by atoms with E-state index in [9.17, 15) is 19.7 Å². The monoisotopic (exact) mass is 459 g/mol. The van der Waals surface area contributed by atoms with Gasteiger partial charge in [-0.25, -0.2) is 4.79 Å². The summed E-state index contributed by atoms with van der Waals surface area (Å²) in [5.74, 6) is -0.236.